The molecule has 0 saturated carbocycles. The molecule has 0 radical (unpaired) electrons. The smallest absolute Gasteiger partial charge is 0.221 e. The molecule has 0 aliphatic rings. The third-order valence-corrected chi connectivity index (χ3v) is 2.97. The number of halogens is 4. The van der Waals surface area contributed by atoms with E-state index in [0.29, 0.717) is 3.57 Å². The van der Waals surface area contributed by atoms with Gasteiger partial charge < -0.3 is 0 Å². The summed E-state index contributed by atoms with van der Waals surface area (Å²) in [5.41, 5.74) is -0.130. The zero-order chi connectivity index (χ0) is 11.7. The second kappa shape index (κ2) is 4.40. The van der Waals surface area contributed by atoms with E-state index in [1.165, 1.54) is 24.4 Å². The second-order valence-corrected chi connectivity index (χ2v) is 4.22. The number of nitrogens with zero attached hydrogens (tertiary/aromatic N) is 1. The summed E-state index contributed by atoms with van der Waals surface area (Å²) in [5.74, 6) is -2.87. The standard InChI is InChI=1S/C11H5F3IN/c12-7-3-1-2-6(10(7)13)9-8(15)4-5-16-11(9)14/h1-5H. The maximum Gasteiger partial charge on any atom is 0.221 e. The highest BCUT2D eigenvalue weighted by atomic mass is 127. The first-order valence-electron chi connectivity index (χ1n) is 4.35. The van der Waals surface area contributed by atoms with Crippen molar-refractivity contribution in [1.29, 1.82) is 0 Å². The largest absolute Gasteiger partial charge is 0.228 e. The highest BCUT2D eigenvalue weighted by Gasteiger charge is 2.16. The lowest BCUT2D eigenvalue weighted by atomic mass is 10.1. The van der Waals surface area contributed by atoms with Gasteiger partial charge in [-0.25, -0.2) is 13.8 Å². The average molecular weight is 335 g/mol. The normalized spacial score (nSPS) is 10.5. The van der Waals surface area contributed by atoms with Gasteiger partial charge in [0.1, 0.15) is 0 Å². The van der Waals surface area contributed by atoms with Gasteiger partial charge in [0.25, 0.3) is 0 Å². The average Bonchev–Trinajstić information content (AvgIpc) is 2.24. The van der Waals surface area contributed by atoms with E-state index in [2.05, 4.69) is 4.98 Å². The number of hydrogen-bond donors (Lipinski definition) is 0. The van der Waals surface area contributed by atoms with Crippen LogP contribution in [0.25, 0.3) is 11.1 Å². The van der Waals surface area contributed by atoms with Crippen molar-refractivity contribution in [2.24, 2.45) is 0 Å². The topological polar surface area (TPSA) is 12.9 Å². The predicted octanol–water partition coefficient (Wildman–Crippen LogP) is 3.77. The number of benzene rings is 1. The summed E-state index contributed by atoms with van der Waals surface area (Å²) in [6.45, 7) is 0. The molecule has 2 aromatic rings. The minimum Gasteiger partial charge on any atom is -0.228 e. The quantitative estimate of drug-likeness (QED) is 0.571. The van der Waals surface area contributed by atoms with E-state index in [0.717, 1.165) is 6.07 Å². The lowest BCUT2D eigenvalue weighted by Crippen LogP contribution is -1.96. The zero-order valence-corrected chi connectivity index (χ0v) is 10.0. The summed E-state index contributed by atoms with van der Waals surface area (Å²) >= 11 is 1.85. The van der Waals surface area contributed by atoms with Crippen LogP contribution in [0.5, 0.6) is 0 Å². The van der Waals surface area contributed by atoms with Crippen LogP contribution in [0.1, 0.15) is 0 Å². The first kappa shape index (κ1) is 11.4. The van der Waals surface area contributed by atoms with Crippen LogP contribution in [0, 0.1) is 21.2 Å². The minimum absolute atomic E-state index is 0.0138. The zero-order valence-electron chi connectivity index (χ0n) is 7.85. The molecule has 82 valence electrons. The van der Waals surface area contributed by atoms with Gasteiger partial charge in [0.2, 0.25) is 5.95 Å². The third kappa shape index (κ3) is 1.91. The van der Waals surface area contributed by atoms with E-state index in [-0.39, 0.29) is 11.1 Å². The Bertz CT molecular complexity index is 522. The SMILES string of the molecule is Fc1cccc(-c2c(I)ccnc2F)c1F. The lowest BCUT2D eigenvalue weighted by molar-refractivity contribution is 0.509. The Kier molecular flexibility index (Phi) is 3.13. The molecule has 2 rings (SSSR count). The number of aromatic nitrogens is 1. The van der Waals surface area contributed by atoms with Crippen LogP contribution in [0.4, 0.5) is 13.2 Å². The summed E-state index contributed by atoms with van der Waals surface area (Å²) in [7, 11) is 0. The highest BCUT2D eigenvalue weighted by Crippen LogP contribution is 2.29. The summed E-state index contributed by atoms with van der Waals surface area (Å²) in [5, 5.41) is 0. The van der Waals surface area contributed by atoms with Gasteiger partial charge in [-0.2, -0.15) is 4.39 Å². The van der Waals surface area contributed by atoms with E-state index >= 15 is 0 Å². The van der Waals surface area contributed by atoms with Gasteiger partial charge in [-0.05, 0) is 34.7 Å². The summed E-state index contributed by atoms with van der Waals surface area (Å²) in [6.07, 6.45) is 1.28. The molecular formula is C11H5F3IN. The molecule has 0 aliphatic heterocycles. The minimum atomic E-state index is -1.06. The van der Waals surface area contributed by atoms with E-state index in [9.17, 15) is 13.2 Å². The van der Waals surface area contributed by atoms with Gasteiger partial charge in [0, 0.05) is 15.3 Å². The van der Waals surface area contributed by atoms with Crippen LogP contribution in [0.15, 0.2) is 30.5 Å². The molecule has 1 aromatic carbocycles. The van der Waals surface area contributed by atoms with Crippen LogP contribution in [-0.4, -0.2) is 4.98 Å². The molecule has 0 fully saturated rings. The van der Waals surface area contributed by atoms with Crippen molar-refractivity contribution in [3.63, 3.8) is 0 Å². The van der Waals surface area contributed by atoms with Gasteiger partial charge in [0.15, 0.2) is 11.6 Å². The van der Waals surface area contributed by atoms with E-state index in [1.807, 2.05) is 22.6 Å². The Labute approximate surface area is 103 Å². The molecular weight excluding hydrogens is 330 g/mol. The molecule has 1 nitrogen and oxygen atoms in total. The molecule has 0 atom stereocenters. The molecule has 0 N–H and O–H groups in total. The fourth-order valence-electron chi connectivity index (χ4n) is 1.35. The molecule has 1 aromatic heterocycles. The molecule has 0 aliphatic carbocycles. The van der Waals surface area contributed by atoms with Crippen molar-refractivity contribution >= 4 is 22.6 Å². The van der Waals surface area contributed by atoms with Gasteiger partial charge >= 0.3 is 0 Å². The van der Waals surface area contributed by atoms with Gasteiger partial charge in [-0.15, -0.1) is 0 Å². The van der Waals surface area contributed by atoms with Crippen molar-refractivity contribution in [2.75, 3.05) is 0 Å². The summed E-state index contributed by atoms with van der Waals surface area (Å²) in [4.78, 5) is 3.43. The summed E-state index contributed by atoms with van der Waals surface area (Å²) in [6, 6.07) is 5.17. The van der Waals surface area contributed by atoms with E-state index in [4.69, 9.17) is 0 Å². The molecule has 0 amide bonds. The first-order chi connectivity index (χ1) is 7.61. The van der Waals surface area contributed by atoms with Crippen LogP contribution >= 0.6 is 22.6 Å². The van der Waals surface area contributed by atoms with Gasteiger partial charge in [0.05, 0.1) is 5.56 Å². The maximum atomic E-state index is 13.5. The van der Waals surface area contributed by atoms with Gasteiger partial charge in [-0.1, -0.05) is 12.1 Å². The number of hydrogen-bond acceptors (Lipinski definition) is 1. The van der Waals surface area contributed by atoms with Crippen molar-refractivity contribution in [1.82, 2.24) is 4.98 Å². The molecule has 1 heterocycles. The highest BCUT2D eigenvalue weighted by molar-refractivity contribution is 14.1. The fourth-order valence-corrected chi connectivity index (χ4v) is 2.03. The molecule has 0 spiro atoms. The van der Waals surface area contributed by atoms with Crippen LogP contribution in [-0.2, 0) is 0 Å². The third-order valence-electron chi connectivity index (χ3n) is 2.07. The Morgan fingerprint density at radius 1 is 1.06 bits per heavy atom. The second-order valence-electron chi connectivity index (χ2n) is 3.06. The monoisotopic (exact) mass is 335 g/mol. The first-order valence-corrected chi connectivity index (χ1v) is 5.43. The number of pyridine rings is 1. The van der Waals surface area contributed by atoms with Crippen molar-refractivity contribution in [3.05, 3.63) is 51.6 Å². The van der Waals surface area contributed by atoms with Crippen LogP contribution in [0.2, 0.25) is 0 Å². The van der Waals surface area contributed by atoms with E-state index < -0.39 is 17.6 Å². The Morgan fingerprint density at radius 2 is 1.81 bits per heavy atom. The van der Waals surface area contributed by atoms with Crippen LogP contribution in [0.3, 0.4) is 0 Å². The Hall–Kier alpha value is -1.11. The lowest BCUT2D eigenvalue weighted by Gasteiger charge is -2.06. The van der Waals surface area contributed by atoms with Crippen molar-refractivity contribution in [2.45, 2.75) is 0 Å². The Balaban J connectivity index is 2.73. The molecule has 16 heavy (non-hydrogen) atoms. The number of rotatable bonds is 1. The van der Waals surface area contributed by atoms with Crippen LogP contribution < -0.4 is 0 Å². The Morgan fingerprint density at radius 3 is 2.50 bits per heavy atom. The maximum absolute atomic E-state index is 13.5. The summed E-state index contributed by atoms with van der Waals surface area (Å²) < 4.78 is 40.4. The predicted molar refractivity (Wildman–Crippen MR) is 62.3 cm³/mol. The molecule has 0 saturated heterocycles. The fraction of sp³-hybridized carbons (Fsp3) is 0. The molecule has 0 unspecified atom stereocenters. The van der Waals surface area contributed by atoms with E-state index in [1.54, 1.807) is 0 Å². The molecule has 5 heteroatoms. The molecule has 0 bridgehead atoms. The van der Waals surface area contributed by atoms with Crippen molar-refractivity contribution < 1.29 is 13.2 Å². The van der Waals surface area contributed by atoms with Crippen molar-refractivity contribution in [3.8, 4) is 11.1 Å². The van der Waals surface area contributed by atoms with Gasteiger partial charge in [-0.3, -0.25) is 0 Å².